The third kappa shape index (κ3) is 4.40. The summed E-state index contributed by atoms with van der Waals surface area (Å²) in [5.41, 5.74) is 2.83. The maximum absolute atomic E-state index is 13.3. The Hall–Kier alpha value is -2.68. The van der Waals surface area contributed by atoms with Crippen LogP contribution in [-0.4, -0.2) is 31.6 Å². The molecule has 1 atom stereocenters. The molecule has 0 saturated carbocycles. The van der Waals surface area contributed by atoms with Gasteiger partial charge in [0.15, 0.2) is 0 Å². The van der Waals surface area contributed by atoms with Crippen molar-refractivity contribution < 1.29 is 13.6 Å². The SMILES string of the molecule is CCc1nnc(SCC(=O)N[C@@H]2CC(C)(C)Cc3c2cnn3-c2ccc(F)cc2)o1. The summed E-state index contributed by atoms with van der Waals surface area (Å²) in [6, 6.07) is 6.14. The minimum Gasteiger partial charge on any atom is -0.416 e. The molecule has 1 N–H and O–H groups in total. The van der Waals surface area contributed by atoms with E-state index >= 15 is 0 Å². The zero-order valence-corrected chi connectivity index (χ0v) is 18.0. The van der Waals surface area contributed by atoms with Crippen LogP contribution in [0.1, 0.15) is 50.4 Å². The van der Waals surface area contributed by atoms with Crippen LogP contribution in [0.4, 0.5) is 4.39 Å². The highest BCUT2D eigenvalue weighted by atomic mass is 32.2. The number of aryl methyl sites for hydroxylation is 1. The maximum atomic E-state index is 13.3. The molecule has 7 nitrogen and oxygen atoms in total. The van der Waals surface area contributed by atoms with Gasteiger partial charge in [-0.15, -0.1) is 10.2 Å². The van der Waals surface area contributed by atoms with E-state index in [4.69, 9.17) is 4.42 Å². The first-order valence-corrected chi connectivity index (χ1v) is 10.9. The first-order chi connectivity index (χ1) is 14.3. The molecule has 1 aliphatic rings. The second-order valence-corrected chi connectivity index (χ2v) is 9.13. The molecule has 2 aromatic heterocycles. The fourth-order valence-corrected chi connectivity index (χ4v) is 4.37. The number of nitrogens with zero attached hydrogens (tertiary/aromatic N) is 4. The van der Waals surface area contributed by atoms with Crippen molar-refractivity contribution in [1.82, 2.24) is 25.3 Å². The molecule has 0 aliphatic heterocycles. The number of hydrogen-bond acceptors (Lipinski definition) is 6. The van der Waals surface area contributed by atoms with Crippen molar-refractivity contribution in [2.75, 3.05) is 5.75 Å². The Kier molecular flexibility index (Phi) is 5.64. The van der Waals surface area contributed by atoms with Gasteiger partial charge in [0.05, 0.1) is 29.4 Å². The van der Waals surface area contributed by atoms with E-state index < -0.39 is 0 Å². The summed E-state index contributed by atoms with van der Waals surface area (Å²) in [6.45, 7) is 6.29. The quantitative estimate of drug-likeness (QED) is 0.599. The first kappa shape index (κ1) is 20.6. The Morgan fingerprint density at radius 2 is 2.10 bits per heavy atom. The summed E-state index contributed by atoms with van der Waals surface area (Å²) in [4.78, 5) is 12.6. The van der Waals surface area contributed by atoms with Gasteiger partial charge in [0.2, 0.25) is 11.8 Å². The van der Waals surface area contributed by atoms with Crippen molar-refractivity contribution in [2.45, 2.75) is 51.3 Å². The van der Waals surface area contributed by atoms with E-state index in [1.54, 1.807) is 18.3 Å². The van der Waals surface area contributed by atoms with Gasteiger partial charge in [-0.3, -0.25) is 4.79 Å². The number of thioether (sulfide) groups is 1. The van der Waals surface area contributed by atoms with Gasteiger partial charge in [0, 0.05) is 12.0 Å². The molecule has 1 aliphatic carbocycles. The third-order valence-electron chi connectivity index (χ3n) is 5.16. The molecule has 3 aromatic rings. The third-order valence-corrected chi connectivity index (χ3v) is 5.98. The summed E-state index contributed by atoms with van der Waals surface area (Å²) in [7, 11) is 0. The number of carbonyl (C=O) groups excluding carboxylic acids is 1. The predicted octanol–water partition coefficient (Wildman–Crippen LogP) is 3.88. The van der Waals surface area contributed by atoms with Crippen LogP contribution in [0.5, 0.6) is 0 Å². The van der Waals surface area contributed by atoms with Crippen LogP contribution in [0.15, 0.2) is 40.1 Å². The van der Waals surface area contributed by atoms with Crippen molar-refractivity contribution in [3.8, 4) is 5.69 Å². The maximum Gasteiger partial charge on any atom is 0.277 e. The Bertz CT molecular complexity index is 1040. The van der Waals surface area contributed by atoms with Crippen molar-refractivity contribution in [3.05, 3.63) is 53.4 Å². The standard InChI is InChI=1S/C21H24FN5O2S/c1-4-19-25-26-20(29-19)30-12-18(28)24-16-9-21(2,3)10-17-15(16)11-23-27(17)14-7-5-13(22)6-8-14/h5-8,11,16H,4,9-10,12H2,1-3H3,(H,24,28)/t16-/m1/s1. The Balaban J connectivity index is 1.50. The Morgan fingerprint density at radius 3 is 2.80 bits per heavy atom. The van der Waals surface area contributed by atoms with Crippen LogP contribution < -0.4 is 5.32 Å². The van der Waals surface area contributed by atoms with E-state index in [0.717, 1.165) is 29.8 Å². The first-order valence-electron chi connectivity index (χ1n) is 9.92. The van der Waals surface area contributed by atoms with Gasteiger partial charge in [-0.2, -0.15) is 5.10 Å². The van der Waals surface area contributed by atoms with E-state index in [-0.39, 0.29) is 28.9 Å². The van der Waals surface area contributed by atoms with E-state index in [2.05, 4.69) is 34.5 Å². The number of aromatic nitrogens is 4. The average molecular weight is 430 g/mol. The van der Waals surface area contributed by atoms with E-state index in [9.17, 15) is 9.18 Å². The summed E-state index contributed by atoms with van der Waals surface area (Å²) >= 11 is 1.23. The number of benzene rings is 1. The van der Waals surface area contributed by atoms with E-state index in [1.165, 1.54) is 23.9 Å². The summed E-state index contributed by atoms with van der Waals surface area (Å²) < 4.78 is 20.6. The van der Waals surface area contributed by atoms with Crippen LogP contribution in [-0.2, 0) is 17.6 Å². The number of carbonyl (C=O) groups is 1. The van der Waals surface area contributed by atoms with Gasteiger partial charge >= 0.3 is 0 Å². The number of halogens is 1. The molecule has 158 valence electrons. The average Bonchev–Trinajstić information content (AvgIpc) is 3.33. The highest BCUT2D eigenvalue weighted by Crippen LogP contribution is 2.41. The molecular weight excluding hydrogens is 405 g/mol. The largest absolute Gasteiger partial charge is 0.416 e. The molecule has 2 heterocycles. The van der Waals surface area contributed by atoms with Crippen LogP contribution in [0, 0.1) is 11.2 Å². The van der Waals surface area contributed by atoms with Crippen molar-refractivity contribution in [3.63, 3.8) is 0 Å². The molecule has 0 spiro atoms. The summed E-state index contributed by atoms with van der Waals surface area (Å²) in [5.74, 6) is 0.378. The Morgan fingerprint density at radius 1 is 1.33 bits per heavy atom. The van der Waals surface area contributed by atoms with Crippen LogP contribution >= 0.6 is 11.8 Å². The lowest BCUT2D eigenvalue weighted by Crippen LogP contribution is -2.37. The second-order valence-electron chi connectivity index (χ2n) is 8.20. The summed E-state index contributed by atoms with van der Waals surface area (Å²) in [5, 5.41) is 15.9. The van der Waals surface area contributed by atoms with Crippen LogP contribution in [0.3, 0.4) is 0 Å². The molecule has 0 saturated heterocycles. The van der Waals surface area contributed by atoms with Crippen LogP contribution in [0.2, 0.25) is 0 Å². The number of fused-ring (bicyclic) bond motifs is 1. The second kappa shape index (κ2) is 8.22. The van der Waals surface area contributed by atoms with E-state index in [0.29, 0.717) is 17.5 Å². The Labute approximate surface area is 178 Å². The van der Waals surface area contributed by atoms with Gasteiger partial charge in [-0.25, -0.2) is 9.07 Å². The lowest BCUT2D eigenvalue weighted by Gasteiger charge is -2.36. The fourth-order valence-electron chi connectivity index (χ4n) is 3.78. The lowest BCUT2D eigenvalue weighted by atomic mass is 9.74. The fraction of sp³-hybridized carbons (Fsp3) is 0.429. The molecule has 30 heavy (non-hydrogen) atoms. The van der Waals surface area contributed by atoms with Gasteiger partial charge in [0.1, 0.15) is 5.82 Å². The van der Waals surface area contributed by atoms with Crippen molar-refractivity contribution in [1.29, 1.82) is 0 Å². The van der Waals surface area contributed by atoms with Gasteiger partial charge in [-0.05, 0) is 42.5 Å². The molecule has 1 amide bonds. The highest BCUT2D eigenvalue weighted by molar-refractivity contribution is 7.99. The van der Waals surface area contributed by atoms with Gasteiger partial charge in [0.25, 0.3) is 5.22 Å². The van der Waals surface area contributed by atoms with Gasteiger partial charge in [-0.1, -0.05) is 32.5 Å². The van der Waals surface area contributed by atoms with Crippen molar-refractivity contribution in [2.24, 2.45) is 5.41 Å². The molecule has 4 rings (SSSR count). The number of amides is 1. The molecule has 0 fully saturated rings. The van der Waals surface area contributed by atoms with E-state index in [1.807, 2.05) is 11.6 Å². The zero-order chi connectivity index (χ0) is 21.3. The molecule has 9 heteroatoms. The smallest absolute Gasteiger partial charge is 0.277 e. The molecule has 1 aromatic carbocycles. The predicted molar refractivity (Wildman–Crippen MR) is 111 cm³/mol. The highest BCUT2D eigenvalue weighted by Gasteiger charge is 2.36. The minimum absolute atomic E-state index is 0.0155. The van der Waals surface area contributed by atoms with Gasteiger partial charge < -0.3 is 9.73 Å². The number of nitrogens with one attached hydrogen (secondary N) is 1. The monoisotopic (exact) mass is 429 g/mol. The number of rotatable bonds is 6. The normalized spacial score (nSPS) is 17.5. The molecular formula is C21H24FN5O2S. The van der Waals surface area contributed by atoms with Crippen LogP contribution in [0.25, 0.3) is 5.69 Å². The summed E-state index contributed by atoms with van der Waals surface area (Å²) in [6.07, 6.45) is 4.10. The molecule has 0 unspecified atom stereocenters. The minimum atomic E-state index is -0.282. The topological polar surface area (TPSA) is 85.8 Å². The molecule has 0 radical (unpaired) electrons. The van der Waals surface area contributed by atoms with Crippen molar-refractivity contribution >= 4 is 17.7 Å². The lowest BCUT2D eigenvalue weighted by molar-refractivity contribution is -0.119. The zero-order valence-electron chi connectivity index (χ0n) is 17.2. The molecule has 0 bridgehead atoms. The number of hydrogen-bond donors (Lipinski definition) is 1.